The van der Waals surface area contributed by atoms with Crippen molar-refractivity contribution in [3.8, 4) is 0 Å². The lowest BCUT2D eigenvalue weighted by Crippen LogP contribution is -2.64. The van der Waals surface area contributed by atoms with Gasteiger partial charge in [0.1, 0.15) is 39.4 Å². The van der Waals surface area contributed by atoms with Crippen LogP contribution in [0.1, 0.15) is 0 Å². The van der Waals surface area contributed by atoms with Crippen LogP contribution in [0.25, 0.3) is 0 Å². The van der Waals surface area contributed by atoms with Gasteiger partial charge in [0.25, 0.3) is 0 Å². The zero-order chi connectivity index (χ0) is 34.5. The number of nitrogens with zero attached hydrogens (tertiary/aromatic N) is 10. The molecule has 0 fully saturated rings. The zero-order valence-electron chi connectivity index (χ0n) is 19.7. The summed E-state index contributed by atoms with van der Waals surface area (Å²) in [6, 6.07) is -6.05. The molecule has 1 N–H and O–H groups in total. The van der Waals surface area contributed by atoms with E-state index >= 15 is 0 Å². The Balaban J connectivity index is 7.31. The molecular weight excluding hydrogens is 638 g/mol. The van der Waals surface area contributed by atoms with Gasteiger partial charge in [-0.2, -0.15) is 0 Å². The second-order valence-corrected chi connectivity index (χ2v) is 7.32. The van der Waals surface area contributed by atoms with Crippen molar-refractivity contribution >= 4 is 12.1 Å². The molecule has 0 radical (unpaired) electrons. The van der Waals surface area contributed by atoms with Crippen LogP contribution in [0.2, 0.25) is 0 Å². The number of amides is 4. The lowest BCUT2D eigenvalue weighted by Gasteiger charge is -2.28. The standard InChI is InChI=1S/C10H9F4N11O18/c11-7(18(28)29,19(30)31)1-15-5(26)17(4-10(14,24(40)41)25(42)43)6(27)16(2-8(12,20(32)33)21(34)35)3-9(13,22(36)37)23(38)39/h1-4H2,(H,15,26). The summed E-state index contributed by atoms with van der Waals surface area (Å²) < 4.78 is 57.5. The van der Waals surface area contributed by atoms with Crippen LogP contribution in [-0.2, 0) is 0 Å². The van der Waals surface area contributed by atoms with Crippen LogP contribution in [0.3, 0.4) is 0 Å². The number of hydrogen-bond donors (Lipinski definition) is 1. The molecule has 0 atom stereocenters. The molecule has 0 aliphatic carbocycles. The van der Waals surface area contributed by atoms with Gasteiger partial charge in [-0.3, -0.25) is 85.8 Å². The van der Waals surface area contributed by atoms with Gasteiger partial charge in [0, 0.05) is 0 Å². The van der Waals surface area contributed by atoms with Gasteiger partial charge in [-0.15, -0.1) is 0 Å². The summed E-state index contributed by atoms with van der Waals surface area (Å²) in [5.74, 6) is -21.1. The highest BCUT2D eigenvalue weighted by molar-refractivity contribution is 5.93. The van der Waals surface area contributed by atoms with E-state index in [4.69, 9.17) is 0 Å². The first-order chi connectivity index (χ1) is 19.2. The number of halogens is 4. The maximum Gasteiger partial charge on any atom is 0.632 e. The van der Waals surface area contributed by atoms with E-state index in [0.717, 1.165) is 0 Å². The Labute approximate surface area is 225 Å². The minimum atomic E-state index is -5.37. The van der Waals surface area contributed by atoms with Crippen molar-refractivity contribution in [3.63, 3.8) is 0 Å². The smallest absolute Gasteiger partial charge is 0.320 e. The first kappa shape index (κ1) is 36.7. The fourth-order valence-corrected chi connectivity index (χ4v) is 2.30. The number of nitrogens with one attached hydrogen (secondary N) is 1. The maximum absolute atomic E-state index is 14.5. The van der Waals surface area contributed by atoms with Gasteiger partial charge in [-0.25, -0.2) is 14.5 Å². The van der Waals surface area contributed by atoms with Gasteiger partial charge >= 0.3 is 35.7 Å². The minimum Gasteiger partial charge on any atom is -0.320 e. The van der Waals surface area contributed by atoms with Crippen molar-refractivity contribution < 1.29 is 66.5 Å². The molecule has 0 rings (SSSR count). The molecule has 0 aromatic heterocycles. The van der Waals surface area contributed by atoms with Crippen molar-refractivity contribution in [2.45, 2.75) is 23.7 Å². The Morgan fingerprint density at radius 3 is 1.02 bits per heavy atom. The lowest BCUT2D eigenvalue weighted by atomic mass is 10.3. The predicted octanol–water partition coefficient (Wildman–Crippen LogP) is -1.87. The Kier molecular flexibility index (Phi) is 10.6. The fourth-order valence-electron chi connectivity index (χ4n) is 2.30. The number of alkyl halides is 4. The second kappa shape index (κ2) is 12.4. The molecule has 43 heavy (non-hydrogen) atoms. The predicted molar refractivity (Wildman–Crippen MR) is 108 cm³/mol. The van der Waals surface area contributed by atoms with Crippen LogP contribution in [0.4, 0.5) is 27.2 Å². The molecular formula is C10H9F4N11O18. The van der Waals surface area contributed by atoms with E-state index in [1.807, 2.05) is 0 Å². The summed E-state index contributed by atoms with van der Waals surface area (Å²) in [5.41, 5.74) is 0. The Morgan fingerprint density at radius 1 is 0.512 bits per heavy atom. The van der Waals surface area contributed by atoms with Crippen LogP contribution in [0.15, 0.2) is 0 Å². The second-order valence-electron chi connectivity index (χ2n) is 7.32. The number of carbonyl (C=O) groups excluding carboxylic acids is 2. The largest absolute Gasteiger partial charge is 0.632 e. The SMILES string of the molecule is O=C(NCC(F)([N+](=O)[O-])[N+](=O)[O-])N(CC(F)([N+](=O)[O-])[N+](=O)[O-])C(=O)N(CC(F)([N+](=O)[O-])[N+](=O)[O-])CC(F)([N+](=O)[O-])[N+](=O)[O-]. The van der Waals surface area contributed by atoms with E-state index in [-0.39, 0.29) is 0 Å². The van der Waals surface area contributed by atoms with Crippen LogP contribution < -0.4 is 5.32 Å². The summed E-state index contributed by atoms with van der Waals surface area (Å²) in [6.07, 6.45) is 0. The van der Waals surface area contributed by atoms with Crippen LogP contribution in [0, 0.1) is 80.9 Å². The van der Waals surface area contributed by atoms with E-state index in [9.17, 15) is 108 Å². The molecule has 33 heteroatoms. The topological polar surface area (TPSA) is 398 Å². The van der Waals surface area contributed by atoms with Crippen LogP contribution in [-0.4, -0.2) is 111 Å². The molecule has 240 valence electrons. The Hall–Kier alpha value is -6.34. The Morgan fingerprint density at radius 2 is 0.767 bits per heavy atom. The third-order valence-electron chi connectivity index (χ3n) is 4.59. The molecule has 0 spiro atoms. The van der Waals surface area contributed by atoms with Crippen molar-refractivity contribution in [2.75, 3.05) is 26.2 Å². The molecule has 0 saturated heterocycles. The molecule has 0 unspecified atom stereocenters. The highest BCUT2D eigenvalue weighted by Crippen LogP contribution is 2.24. The summed E-state index contributed by atoms with van der Waals surface area (Å²) in [6.45, 7) is -11.7. The van der Waals surface area contributed by atoms with E-state index in [1.165, 1.54) is 0 Å². The summed E-state index contributed by atoms with van der Waals surface area (Å²) in [5, 5.41) is 87.4. The average Bonchev–Trinajstić information content (AvgIpc) is 2.87. The highest BCUT2D eigenvalue weighted by atomic mass is 19.2. The summed E-state index contributed by atoms with van der Waals surface area (Å²) >= 11 is 0. The van der Waals surface area contributed by atoms with Crippen LogP contribution in [0.5, 0.6) is 0 Å². The van der Waals surface area contributed by atoms with Crippen molar-refractivity contribution in [1.29, 1.82) is 0 Å². The molecule has 0 bridgehead atoms. The van der Waals surface area contributed by atoms with E-state index in [1.54, 1.807) is 0 Å². The number of hydrogen-bond acceptors (Lipinski definition) is 18. The quantitative estimate of drug-likeness (QED) is 0.0629. The molecule has 0 aliphatic heterocycles. The van der Waals surface area contributed by atoms with Crippen LogP contribution >= 0.6 is 0 Å². The van der Waals surface area contributed by atoms with Gasteiger partial charge in [0.2, 0.25) is 26.2 Å². The molecule has 0 aliphatic rings. The molecule has 29 nitrogen and oxygen atoms in total. The Bertz CT molecular complexity index is 1180. The number of nitro groups is 8. The number of urea groups is 2. The first-order valence-electron chi connectivity index (χ1n) is 9.51. The first-order valence-corrected chi connectivity index (χ1v) is 9.51. The van der Waals surface area contributed by atoms with Gasteiger partial charge in [0.05, 0.1) is 0 Å². The molecule has 4 amide bonds. The van der Waals surface area contributed by atoms with Gasteiger partial charge in [-0.05, 0) is 0 Å². The number of imide groups is 1. The monoisotopic (exact) mass is 647 g/mol. The fraction of sp³-hybridized carbons (Fsp3) is 0.800. The van der Waals surface area contributed by atoms with E-state index in [2.05, 4.69) is 0 Å². The van der Waals surface area contributed by atoms with E-state index < -0.39 is 111 Å². The average molecular weight is 647 g/mol. The molecule has 0 saturated carbocycles. The normalized spacial score (nSPS) is 11.9. The van der Waals surface area contributed by atoms with E-state index in [0.29, 0.717) is 5.32 Å². The highest BCUT2D eigenvalue weighted by Gasteiger charge is 2.67. The molecule has 0 aromatic carbocycles. The molecule has 0 heterocycles. The van der Waals surface area contributed by atoms with Crippen molar-refractivity contribution in [2.24, 2.45) is 0 Å². The van der Waals surface area contributed by atoms with Gasteiger partial charge < -0.3 is 5.32 Å². The minimum absolute atomic E-state index is 0.685. The zero-order valence-corrected chi connectivity index (χ0v) is 19.7. The third-order valence-corrected chi connectivity index (χ3v) is 4.59. The van der Waals surface area contributed by atoms with Crippen molar-refractivity contribution in [1.82, 2.24) is 15.1 Å². The number of rotatable bonds is 16. The van der Waals surface area contributed by atoms with Gasteiger partial charge in [-0.1, -0.05) is 17.6 Å². The summed E-state index contributed by atoms with van der Waals surface area (Å²) in [4.78, 5) is 88.8. The number of carbonyl (C=O) groups is 2. The maximum atomic E-state index is 14.5. The molecule has 0 aromatic rings. The van der Waals surface area contributed by atoms with Crippen molar-refractivity contribution in [3.05, 3.63) is 80.9 Å². The summed E-state index contributed by atoms with van der Waals surface area (Å²) in [7, 11) is 0. The lowest BCUT2D eigenvalue weighted by molar-refractivity contribution is -0.837. The van der Waals surface area contributed by atoms with Gasteiger partial charge in [0.15, 0.2) is 0 Å². The third kappa shape index (κ3) is 7.25.